The third-order valence-electron chi connectivity index (χ3n) is 8.92. The van der Waals surface area contributed by atoms with Gasteiger partial charge in [0.25, 0.3) is 11.6 Å². The Morgan fingerprint density at radius 2 is 1.72 bits per heavy atom. The summed E-state index contributed by atoms with van der Waals surface area (Å²) in [6, 6.07) is 18.7. The molecule has 0 spiro atoms. The van der Waals surface area contributed by atoms with Crippen LogP contribution in [-0.4, -0.2) is 58.8 Å². The standard InChI is InChI=1S/C35H41N3O8/c1-5-21-36(25-10-15-28(16-11-25)45-30-17-12-27(38(42)43)22-31(30)44-4)32(39)24-8-13-29(14-9-24)46-35-19-6-7-26(18-20-35)37(35)23-34(2,3)33(40)41/h8-17,22,26H,5-7,18-21,23H2,1-4H3,(H,40,41). The van der Waals surface area contributed by atoms with Gasteiger partial charge in [-0.2, -0.15) is 0 Å². The maximum atomic E-state index is 13.7. The van der Waals surface area contributed by atoms with Crippen LogP contribution in [0.4, 0.5) is 11.4 Å². The van der Waals surface area contributed by atoms with Crippen LogP contribution in [0.1, 0.15) is 69.7 Å². The summed E-state index contributed by atoms with van der Waals surface area (Å²) in [7, 11) is 1.42. The molecule has 3 aromatic rings. The lowest BCUT2D eigenvalue weighted by Gasteiger charge is -2.46. The van der Waals surface area contributed by atoms with Crippen molar-refractivity contribution in [3.63, 3.8) is 0 Å². The summed E-state index contributed by atoms with van der Waals surface area (Å²) in [4.78, 5) is 40.2. The zero-order valence-corrected chi connectivity index (χ0v) is 26.7. The highest BCUT2D eigenvalue weighted by Gasteiger charge is 2.52. The molecule has 2 saturated heterocycles. The third kappa shape index (κ3) is 6.79. The van der Waals surface area contributed by atoms with Gasteiger partial charge in [-0.15, -0.1) is 0 Å². The molecule has 0 aliphatic carbocycles. The predicted molar refractivity (Wildman–Crippen MR) is 173 cm³/mol. The number of hydrogen-bond donors (Lipinski definition) is 1. The number of carboxylic acids is 1. The Kier molecular flexibility index (Phi) is 9.52. The first-order chi connectivity index (χ1) is 22.0. The second-order valence-electron chi connectivity index (χ2n) is 12.6. The molecule has 2 bridgehead atoms. The monoisotopic (exact) mass is 631 g/mol. The van der Waals surface area contributed by atoms with Crippen LogP contribution in [0.2, 0.25) is 0 Å². The van der Waals surface area contributed by atoms with E-state index in [2.05, 4.69) is 4.90 Å². The van der Waals surface area contributed by atoms with E-state index in [1.807, 2.05) is 19.1 Å². The molecule has 2 heterocycles. The summed E-state index contributed by atoms with van der Waals surface area (Å²) >= 11 is 0. The van der Waals surface area contributed by atoms with Crippen LogP contribution in [-0.2, 0) is 4.79 Å². The minimum Gasteiger partial charge on any atom is -0.493 e. The van der Waals surface area contributed by atoms with Crippen LogP contribution in [0.25, 0.3) is 0 Å². The molecule has 3 aromatic carbocycles. The van der Waals surface area contributed by atoms with Crippen LogP contribution in [0, 0.1) is 15.5 Å². The van der Waals surface area contributed by atoms with E-state index in [9.17, 15) is 24.8 Å². The van der Waals surface area contributed by atoms with E-state index in [0.717, 1.165) is 38.5 Å². The fourth-order valence-electron chi connectivity index (χ4n) is 6.42. The van der Waals surface area contributed by atoms with Gasteiger partial charge in [0.15, 0.2) is 17.2 Å². The smallest absolute Gasteiger partial charge is 0.310 e. The number of amides is 1. The number of benzene rings is 3. The highest BCUT2D eigenvalue weighted by atomic mass is 16.6. The van der Waals surface area contributed by atoms with Crippen molar-refractivity contribution in [1.82, 2.24) is 4.90 Å². The number of nitro groups is 1. The number of rotatable bonds is 13. The first kappa shape index (κ1) is 32.7. The molecule has 11 heteroatoms. The van der Waals surface area contributed by atoms with Crippen LogP contribution in [0.3, 0.4) is 0 Å². The van der Waals surface area contributed by atoms with E-state index < -0.39 is 22.0 Å². The van der Waals surface area contributed by atoms with Crippen molar-refractivity contribution in [3.05, 3.63) is 82.4 Å². The molecule has 2 unspecified atom stereocenters. The molecular weight excluding hydrogens is 590 g/mol. The zero-order chi connectivity index (χ0) is 33.1. The second-order valence-corrected chi connectivity index (χ2v) is 12.6. The van der Waals surface area contributed by atoms with Gasteiger partial charge in [-0.05, 0) is 94.1 Å². The third-order valence-corrected chi connectivity index (χ3v) is 8.92. The van der Waals surface area contributed by atoms with Crippen molar-refractivity contribution in [2.24, 2.45) is 5.41 Å². The molecule has 0 aromatic heterocycles. The number of carboxylic acid groups (broad SMARTS) is 1. The summed E-state index contributed by atoms with van der Waals surface area (Å²) in [5.41, 5.74) is -0.320. The fourth-order valence-corrected chi connectivity index (χ4v) is 6.42. The molecule has 0 radical (unpaired) electrons. The molecule has 11 nitrogen and oxygen atoms in total. The van der Waals surface area contributed by atoms with Gasteiger partial charge >= 0.3 is 5.97 Å². The number of nitrogens with zero attached hydrogens (tertiary/aromatic N) is 3. The quantitative estimate of drug-likeness (QED) is 0.153. The Balaban J connectivity index is 1.29. The SMILES string of the molecule is CCCN(C(=O)c1ccc(OC23CCCC(CC2)N3CC(C)(C)C(=O)O)cc1)c1ccc(Oc2ccc([N+](=O)[O-])cc2OC)cc1. The van der Waals surface area contributed by atoms with Gasteiger partial charge in [0.05, 0.1) is 23.5 Å². The molecule has 1 amide bonds. The van der Waals surface area contributed by atoms with Crippen LogP contribution < -0.4 is 19.1 Å². The Morgan fingerprint density at radius 3 is 2.35 bits per heavy atom. The van der Waals surface area contributed by atoms with Crippen molar-refractivity contribution in [2.75, 3.05) is 25.1 Å². The first-order valence-corrected chi connectivity index (χ1v) is 15.7. The number of hydrogen-bond acceptors (Lipinski definition) is 8. The number of nitro benzene ring substituents is 1. The van der Waals surface area contributed by atoms with E-state index in [1.165, 1.54) is 25.3 Å². The average molecular weight is 632 g/mol. The molecule has 5 rings (SSSR count). The number of ether oxygens (including phenoxy) is 3. The summed E-state index contributed by atoms with van der Waals surface area (Å²) in [6.45, 7) is 6.45. The average Bonchev–Trinajstić information content (AvgIpc) is 3.20. The number of carbonyl (C=O) groups excluding carboxylic acids is 1. The normalized spacial score (nSPS) is 19.3. The lowest BCUT2D eigenvalue weighted by Crippen LogP contribution is -2.57. The summed E-state index contributed by atoms with van der Waals surface area (Å²) in [5.74, 6) is 0.737. The van der Waals surface area contributed by atoms with Crippen LogP contribution in [0.5, 0.6) is 23.0 Å². The number of methoxy groups -OCH3 is 1. The number of carbonyl (C=O) groups is 2. The van der Waals surface area contributed by atoms with E-state index in [1.54, 1.807) is 55.1 Å². The van der Waals surface area contributed by atoms with Gasteiger partial charge in [0, 0.05) is 49.3 Å². The Morgan fingerprint density at radius 1 is 1.02 bits per heavy atom. The van der Waals surface area contributed by atoms with Crippen LogP contribution in [0.15, 0.2) is 66.7 Å². The minimum atomic E-state index is -0.893. The van der Waals surface area contributed by atoms with Crippen molar-refractivity contribution in [1.29, 1.82) is 0 Å². The van der Waals surface area contributed by atoms with Crippen molar-refractivity contribution in [3.8, 4) is 23.0 Å². The number of anilines is 1. The fraction of sp³-hybridized carbons (Fsp3) is 0.429. The Bertz CT molecular complexity index is 1570. The van der Waals surface area contributed by atoms with Gasteiger partial charge in [0.2, 0.25) is 0 Å². The molecule has 2 aliphatic heterocycles. The van der Waals surface area contributed by atoms with Crippen LogP contribution >= 0.6 is 0 Å². The van der Waals surface area contributed by atoms with Gasteiger partial charge in [-0.3, -0.25) is 24.6 Å². The lowest BCUT2D eigenvalue weighted by atomic mass is 9.89. The van der Waals surface area contributed by atoms with Crippen molar-refractivity contribution < 1.29 is 33.8 Å². The molecular formula is C35H41N3O8. The summed E-state index contributed by atoms with van der Waals surface area (Å²) in [5, 5.41) is 20.9. The first-order valence-electron chi connectivity index (χ1n) is 15.7. The Labute approximate surface area is 268 Å². The maximum Gasteiger partial charge on any atom is 0.310 e. The van der Waals surface area contributed by atoms with E-state index in [4.69, 9.17) is 14.2 Å². The lowest BCUT2D eigenvalue weighted by molar-refractivity contribution is -0.384. The molecule has 2 aliphatic rings. The second kappa shape index (κ2) is 13.4. The number of piperidine rings is 1. The van der Waals surface area contributed by atoms with Gasteiger partial charge in [-0.1, -0.05) is 6.92 Å². The van der Waals surface area contributed by atoms with E-state index in [0.29, 0.717) is 47.6 Å². The van der Waals surface area contributed by atoms with Crippen molar-refractivity contribution >= 4 is 23.3 Å². The predicted octanol–water partition coefficient (Wildman–Crippen LogP) is 7.29. The van der Waals surface area contributed by atoms with Gasteiger partial charge < -0.3 is 24.2 Å². The highest BCUT2D eigenvalue weighted by Crippen LogP contribution is 2.46. The molecule has 2 fully saturated rings. The molecule has 244 valence electrons. The number of non-ortho nitro benzene ring substituents is 1. The number of aliphatic carboxylic acids is 1. The van der Waals surface area contributed by atoms with Gasteiger partial charge in [-0.25, -0.2) is 0 Å². The molecule has 46 heavy (non-hydrogen) atoms. The number of fused-ring (bicyclic) bond motifs is 2. The summed E-state index contributed by atoms with van der Waals surface area (Å²) in [6.07, 6.45) is 5.47. The van der Waals surface area contributed by atoms with Gasteiger partial charge in [0.1, 0.15) is 11.5 Å². The summed E-state index contributed by atoms with van der Waals surface area (Å²) < 4.78 is 17.8. The molecule has 1 N–H and O–H groups in total. The minimum absolute atomic E-state index is 0.101. The Hall–Kier alpha value is -4.64. The topological polar surface area (TPSA) is 132 Å². The molecule has 0 saturated carbocycles. The molecule has 2 atom stereocenters. The zero-order valence-electron chi connectivity index (χ0n) is 26.7. The maximum absolute atomic E-state index is 13.7. The highest BCUT2D eigenvalue weighted by molar-refractivity contribution is 6.06. The van der Waals surface area contributed by atoms with E-state index >= 15 is 0 Å². The van der Waals surface area contributed by atoms with Crippen molar-refractivity contribution in [2.45, 2.75) is 71.1 Å². The largest absolute Gasteiger partial charge is 0.493 e. The van der Waals surface area contributed by atoms with E-state index in [-0.39, 0.29) is 17.3 Å².